The highest BCUT2D eigenvalue weighted by Crippen LogP contribution is 2.31. The van der Waals surface area contributed by atoms with Gasteiger partial charge in [-0.05, 0) is 13.8 Å². The molecule has 0 atom stereocenters. The van der Waals surface area contributed by atoms with E-state index in [4.69, 9.17) is 11.6 Å². The molecule has 1 amide bonds. The number of halogens is 1. The summed E-state index contributed by atoms with van der Waals surface area (Å²) >= 11 is 6.04. The molecule has 1 heterocycles. The highest BCUT2D eigenvalue weighted by molar-refractivity contribution is 6.49. The van der Waals surface area contributed by atoms with Gasteiger partial charge in [-0.3, -0.25) is 19.1 Å². The van der Waals surface area contributed by atoms with Gasteiger partial charge in [0.05, 0.1) is 11.8 Å². The van der Waals surface area contributed by atoms with Crippen molar-refractivity contribution < 1.29 is 14.4 Å². The Kier molecular flexibility index (Phi) is 3.52. The van der Waals surface area contributed by atoms with E-state index in [1.54, 1.807) is 20.9 Å². The zero-order valence-corrected chi connectivity index (χ0v) is 12.4. The predicted molar refractivity (Wildman–Crippen MR) is 72.4 cm³/mol. The standard InChI is InChI=1S/C13H14ClN3O3/c1-6(2)17(7(3)18)11-9(14)13(20)10-8(12(11)19)5-15-16(10)4/h5-6H,1-4H3. The molecular formula is C13H14ClN3O3. The lowest BCUT2D eigenvalue weighted by atomic mass is 9.97. The van der Waals surface area contributed by atoms with E-state index in [0.717, 1.165) is 0 Å². The van der Waals surface area contributed by atoms with E-state index in [2.05, 4.69) is 5.10 Å². The first-order valence-electron chi connectivity index (χ1n) is 6.08. The smallest absolute Gasteiger partial charge is 0.225 e. The molecule has 1 aromatic rings. The Bertz CT molecular complexity index is 658. The Morgan fingerprint density at radius 1 is 1.35 bits per heavy atom. The van der Waals surface area contributed by atoms with Crippen LogP contribution in [0.1, 0.15) is 41.6 Å². The van der Waals surface area contributed by atoms with E-state index < -0.39 is 11.6 Å². The normalized spacial score (nSPS) is 14.9. The van der Waals surface area contributed by atoms with Crippen molar-refractivity contribution in [3.8, 4) is 0 Å². The zero-order chi connectivity index (χ0) is 15.2. The Morgan fingerprint density at radius 3 is 2.45 bits per heavy atom. The molecule has 0 unspecified atom stereocenters. The van der Waals surface area contributed by atoms with Gasteiger partial charge in [0.15, 0.2) is 0 Å². The second-order valence-corrected chi connectivity index (χ2v) is 5.21. The minimum atomic E-state index is -0.497. The summed E-state index contributed by atoms with van der Waals surface area (Å²) in [5, 5.41) is 3.66. The van der Waals surface area contributed by atoms with E-state index in [1.807, 2.05) is 0 Å². The average Bonchev–Trinajstić information content (AvgIpc) is 2.73. The first-order chi connectivity index (χ1) is 9.27. The fourth-order valence-electron chi connectivity index (χ4n) is 2.31. The van der Waals surface area contributed by atoms with Crippen molar-refractivity contribution in [2.24, 2.45) is 7.05 Å². The fourth-order valence-corrected chi connectivity index (χ4v) is 2.57. The maximum atomic E-state index is 12.5. The minimum absolute atomic E-state index is 0.0698. The van der Waals surface area contributed by atoms with Gasteiger partial charge in [0.1, 0.15) is 16.4 Å². The van der Waals surface area contributed by atoms with E-state index in [0.29, 0.717) is 0 Å². The number of amides is 1. The number of Topliss-reactive ketones (excluding diaryl/α,β-unsaturated/α-hetero) is 2. The highest BCUT2D eigenvalue weighted by Gasteiger charge is 2.38. The number of ketones is 2. The van der Waals surface area contributed by atoms with Crippen LogP contribution in [0.2, 0.25) is 0 Å². The van der Waals surface area contributed by atoms with Crippen LogP contribution in [0.4, 0.5) is 0 Å². The lowest BCUT2D eigenvalue weighted by molar-refractivity contribution is -0.128. The molecule has 20 heavy (non-hydrogen) atoms. The van der Waals surface area contributed by atoms with Gasteiger partial charge < -0.3 is 4.90 Å². The molecule has 1 aliphatic carbocycles. The lowest BCUT2D eigenvalue weighted by Crippen LogP contribution is -2.40. The Labute approximate surface area is 121 Å². The molecule has 0 saturated heterocycles. The Hall–Kier alpha value is -1.95. The van der Waals surface area contributed by atoms with Crippen LogP contribution in [-0.2, 0) is 11.8 Å². The molecule has 7 heteroatoms. The molecule has 0 bridgehead atoms. The van der Waals surface area contributed by atoms with Crippen molar-refractivity contribution in [1.29, 1.82) is 0 Å². The van der Waals surface area contributed by atoms with Crippen LogP contribution in [0.25, 0.3) is 0 Å². The first kappa shape index (κ1) is 14.5. The molecule has 0 N–H and O–H groups in total. The van der Waals surface area contributed by atoms with Crippen LogP contribution in [-0.4, -0.2) is 38.2 Å². The quantitative estimate of drug-likeness (QED) is 0.829. The number of aryl methyl sites for hydroxylation is 1. The maximum absolute atomic E-state index is 12.5. The molecule has 2 rings (SSSR count). The molecule has 1 aromatic heterocycles. The number of carbonyl (C=O) groups is 3. The van der Waals surface area contributed by atoms with Gasteiger partial charge in [0.25, 0.3) is 0 Å². The van der Waals surface area contributed by atoms with Crippen LogP contribution in [0.3, 0.4) is 0 Å². The minimum Gasteiger partial charge on any atom is -0.305 e. The van der Waals surface area contributed by atoms with Crippen LogP contribution in [0.5, 0.6) is 0 Å². The van der Waals surface area contributed by atoms with Crippen molar-refractivity contribution in [1.82, 2.24) is 14.7 Å². The predicted octanol–water partition coefficient (Wildman–Crippen LogP) is 1.51. The molecule has 0 saturated carbocycles. The van der Waals surface area contributed by atoms with Crippen LogP contribution in [0.15, 0.2) is 16.9 Å². The van der Waals surface area contributed by atoms with Crippen LogP contribution >= 0.6 is 11.6 Å². The van der Waals surface area contributed by atoms with E-state index in [-0.39, 0.29) is 33.9 Å². The second kappa shape index (κ2) is 4.86. The molecular weight excluding hydrogens is 282 g/mol. The molecule has 6 nitrogen and oxygen atoms in total. The van der Waals surface area contributed by atoms with E-state index >= 15 is 0 Å². The number of allylic oxidation sites excluding steroid dienone is 2. The molecule has 0 fully saturated rings. The van der Waals surface area contributed by atoms with Crippen LogP contribution < -0.4 is 0 Å². The first-order valence-corrected chi connectivity index (χ1v) is 6.46. The van der Waals surface area contributed by atoms with Crippen molar-refractivity contribution in [2.45, 2.75) is 26.8 Å². The Morgan fingerprint density at radius 2 is 1.95 bits per heavy atom. The van der Waals surface area contributed by atoms with Crippen molar-refractivity contribution in [3.63, 3.8) is 0 Å². The summed E-state index contributed by atoms with van der Waals surface area (Å²) in [6, 6.07) is -0.286. The summed E-state index contributed by atoms with van der Waals surface area (Å²) in [4.78, 5) is 37.7. The van der Waals surface area contributed by atoms with Crippen molar-refractivity contribution in [2.75, 3.05) is 0 Å². The number of fused-ring (bicyclic) bond motifs is 1. The third-order valence-corrected chi connectivity index (χ3v) is 3.47. The number of hydrogen-bond donors (Lipinski definition) is 0. The van der Waals surface area contributed by atoms with Gasteiger partial charge in [0, 0.05) is 20.0 Å². The monoisotopic (exact) mass is 295 g/mol. The van der Waals surface area contributed by atoms with Crippen LogP contribution in [0, 0.1) is 0 Å². The molecule has 0 spiro atoms. The lowest BCUT2D eigenvalue weighted by Gasteiger charge is -2.29. The number of aromatic nitrogens is 2. The Balaban J connectivity index is 2.66. The van der Waals surface area contributed by atoms with Gasteiger partial charge in [-0.1, -0.05) is 11.6 Å². The molecule has 0 radical (unpaired) electrons. The van der Waals surface area contributed by atoms with Crippen molar-refractivity contribution in [3.05, 3.63) is 28.2 Å². The number of rotatable bonds is 2. The van der Waals surface area contributed by atoms with E-state index in [9.17, 15) is 14.4 Å². The maximum Gasteiger partial charge on any atom is 0.225 e. The summed E-state index contributed by atoms with van der Waals surface area (Å²) < 4.78 is 1.31. The van der Waals surface area contributed by atoms with E-state index in [1.165, 1.54) is 22.7 Å². The molecule has 0 aliphatic heterocycles. The third kappa shape index (κ3) is 1.96. The van der Waals surface area contributed by atoms with Gasteiger partial charge in [-0.15, -0.1) is 0 Å². The van der Waals surface area contributed by atoms with Gasteiger partial charge in [0.2, 0.25) is 17.5 Å². The molecule has 1 aliphatic rings. The molecule has 106 valence electrons. The third-order valence-electron chi connectivity index (χ3n) is 3.12. The SMILES string of the molecule is CC(=O)N(C1=C(Cl)C(=O)c2c(cnn2C)C1=O)C(C)C. The summed E-state index contributed by atoms with van der Waals surface area (Å²) in [6.45, 7) is 4.82. The fraction of sp³-hybridized carbons (Fsp3) is 0.385. The second-order valence-electron chi connectivity index (χ2n) is 4.83. The topological polar surface area (TPSA) is 72.3 Å². The summed E-state index contributed by atoms with van der Waals surface area (Å²) in [5.74, 6) is -1.30. The number of hydrogen-bond acceptors (Lipinski definition) is 4. The van der Waals surface area contributed by atoms with Gasteiger partial charge in [-0.25, -0.2) is 0 Å². The van der Waals surface area contributed by atoms with Gasteiger partial charge >= 0.3 is 0 Å². The molecule has 0 aromatic carbocycles. The summed E-state index contributed by atoms with van der Waals surface area (Å²) in [6.07, 6.45) is 1.32. The highest BCUT2D eigenvalue weighted by atomic mass is 35.5. The summed E-state index contributed by atoms with van der Waals surface area (Å²) in [7, 11) is 1.56. The average molecular weight is 296 g/mol. The number of nitrogens with zero attached hydrogens (tertiary/aromatic N) is 3. The largest absolute Gasteiger partial charge is 0.305 e. The van der Waals surface area contributed by atoms with Gasteiger partial charge in [-0.2, -0.15) is 5.10 Å². The van der Waals surface area contributed by atoms with Crippen molar-refractivity contribution >= 4 is 29.1 Å². The summed E-state index contributed by atoms with van der Waals surface area (Å²) in [5.41, 5.74) is 0.250. The number of carbonyl (C=O) groups excluding carboxylic acids is 3. The zero-order valence-electron chi connectivity index (χ0n) is 11.6.